The Morgan fingerprint density at radius 2 is 2.05 bits per heavy atom. The molecule has 114 valence electrons. The fourth-order valence-corrected chi connectivity index (χ4v) is 4.82. The van der Waals surface area contributed by atoms with Crippen molar-refractivity contribution in [3.63, 3.8) is 0 Å². The second-order valence-corrected chi connectivity index (χ2v) is 7.29. The first-order chi connectivity index (χ1) is 9.99. The second-order valence-electron chi connectivity index (χ2n) is 6.31. The van der Waals surface area contributed by atoms with E-state index in [1.165, 1.54) is 5.56 Å². The van der Waals surface area contributed by atoms with Crippen LogP contribution >= 0.6 is 15.9 Å². The highest BCUT2D eigenvalue weighted by atomic mass is 79.9. The first-order valence-corrected chi connectivity index (χ1v) is 8.61. The highest BCUT2D eigenvalue weighted by Crippen LogP contribution is 2.45. The van der Waals surface area contributed by atoms with Crippen molar-refractivity contribution in [2.75, 3.05) is 6.54 Å². The third-order valence-corrected chi connectivity index (χ3v) is 6.17. The zero-order chi connectivity index (χ0) is 15.1. The summed E-state index contributed by atoms with van der Waals surface area (Å²) in [6.07, 6.45) is 1.43. The largest absolute Gasteiger partial charge is 0.375 e. The number of rotatable bonds is 2. The van der Waals surface area contributed by atoms with Crippen LogP contribution in [0.15, 0.2) is 18.2 Å². The molecule has 0 aliphatic carbocycles. The number of hydrogen-bond acceptors (Lipinski definition) is 2. The molecule has 0 radical (unpaired) electrons. The van der Waals surface area contributed by atoms with Crippen LogP contribution in [0.4, 0.5) is 0 Å². The van der Waals surface area contributed by atoms with E-state index in [0.717, 1.165) is 24.1 Å². The van der Waals surface area contributed by atoms with Gasteiger partial charge in [0.2, 0.25) is 0 Å². The van der Waals surface area contributed by atoms with Crippen molar-refractivity contribution in [1.82, 2.24) is 5.32 Å². The molecule has 0 aromatic heterocycles. The summed E-state index contributed by atoms with van der Waals surface area (Å²) in [5, 5.41) is 2.92. The molecule has 1 fully saturated rings. The van der Waals surface area contributed by atoms with Gasteiger partial charge in [0.15, 0.2) is 0 Å². The molecule has 2 heterocycles. The Balaban J connectivity index is 1.90. The van der Waals surface area contributed by atoms with E-state index in [1.54, 1.807) is 0 Å². The van der Waals surface area contributed by atoms with Crippen LogP contribution in [0, 0.1) is 11.8 Å². The standard InChI is InChI=1S/C17H22BrNO2/c1-9-10(2)21-11(3)15(9)16(18)13-5-4-12-6-7-19-17(20)14(12)8-13/h4-5,8-11,15-16H,6-7H2,1-3H3,(H,19,20). The molecule has 5 atom stereocenters. The van der Waals surface area contributed by atoms with Gasteiger partial charge in [-0.25, -0.2) is 0 Å². The molecule has 1 saturated heterocycles. The average Bonchev–Trinajstić information content (AvgIpc) is 2.71. The molecule has 21 heavy (non-hydrogen) atoms. The zero-order valence-electron chi connectivity index (χ0n) is 12.7. The normalized spacial score (nSPS) is 33.4. The van der Waals surface area contributed by atoms with E-state index in [2.05, 4.69) is 54.2 Å². The first kappa shape index (κ1) is 15.0. The summed E-state index contributed by atoms with van der Waals surface area (Å²) in [5.41, 5.74) is 3.15. The van der Waals surface area contributed by atoms with Crippen LogP contribution in [0.2, 0.25) is 0 Å². The summed E-state index contributed by atoms with van der Waals surface area (Å²) in [6.45, 7) is 7.27. The fourth-order valence-electron chi connectivity index (χ4n) is 3.62. The molecular weight excluding hydrogens is 330 g/mol. The number of fused-ring (bicyclic) bond motifs is 1. The molecule has 1 aromatic rings. The third-order valence-electron chi connectivity index (χ3n) is 5.03. The lowest BCUT2D eigenvalue weighted by Gasteiger charge is -2.26. The summed E-state index contributed by atoms with van der Waals surface area (Å²) in [6, 6.07) is 6.30. The van der Waals surface area contributed by atoms with Crippen LogP contribution in [0.1, 0.15) is 47.1 Å². The maximum Gasteiger partial charge on any atom is 0.251 e. The maximum atomic E-state index is 12.0. The van der Waals surface area contributed by atoms with Crippen molar-refractivity contribution in [2.24, 2.45) is 11.8 Å². The fraction of sp³-hybridized carbons (Fsp3) is 0.588. The zero-order valence-corrected chi connectivity index (χ0v) is 14.3. The molecule has 1 aromatic carbocycles. The van der Waals surface area contributed by atoms with E-state index in [4.69, 9.17) is 4.74 Å². The van der Waals surface area contributed by atoms with Crippen LogP contribution in [-0.2, 0) is 11.2 Å². The average molecular weight is 352 g/mol. The quantitative estimate of drug-likeness (QED) is 0.828. The number of carbonyl (C=O) groups is 1. The van der Waals surface area contributed by atoms with Gasteiger partial charge in [-0.1, -0.05) is 35.0 Å². The molecule has 3 nitrogen and oxygen atoms in total. The Morgan fingerprint density at radius 1 is 1.29 bits per heavy atom. The predicted octanol–water partition coefficient (Wildman–Crippen LogP) is 3.47. The Bertz CT molecular complexity index is 560. The SMILES string of the molecule is CC1OC(C)C(C(Br)c2ccc3c(c2)C(=O)NCC3)C1C. The number of alkyl halides is 1. The Labute approximate surface area is 134 Å². The number of hydrogen-bond donors (Lipinski definition) is 1. The van der Waals surface area contributed by atoms with Crippen LogP contribution in [0.5, 0.6) is 0 Å². The highest BCUT2D eigenvalue weighted by Gasteiger charge is 2.41. The number of nitrogens with one attached hydrogen (secondary N) is 1. The van der Waals surface area contributed by atoms with E-state index in [1.807, 2.05) is 6.07 Å². The lowest BCUT2D eigenvalue weighted by atomic mass is 9.83. The van der Waals surface area contributed by atoms with E-state index >= 15 is 0 Å². The number of carbonyl (C=O) groups excluding carboxylic acids is 1. The summed E-state index contributed by atoms with van der Waals surface area (Å²) in [5.74, 6) is 0.967. The lowest BCUT2D eigenvalue weighted by molar-refractivity contribution is 0.0511. The smallest absolute Gasteiger partial charge is 0.251 e. The lowest BCUT2D eigenvalue weighted by Crippen LogP contribution is -2.32. The summed E-state index contributed by atoms with van der Waals surface area (Å²) in [7, 11) is 0. The van der Waals surface area contributed by atoms with Crippen molar-refractivity contribution in [1.29, 1.82) is 0 Å². The van der Waals surface area contributed by atoms with Crippen molar-refractivity contribution in [2.45, 2.75) is 44.2 Å². The van der Waals surface area contributed by atoms with Gasteiger partial charge in [0.1, 0.15) is 0 Å². The topological polar surface area (TPSA) is 38.3 Å². The molecule has 1 N–H and O–H groups in total. The number of halogens is 1. The van der Waals surface area contributed by atoms with Crippen molar-refractivity contribution in [3.8, 4) is 0 Å². The molecular formula is C17H22BrNO2. The predicted molar refractivity (Wildman–Crippen MR) is 86.8 cm³/mol. The Morgan fingerprint density at radius 3 is 2.71 bits per heavy atom. The summed E-state index contributed by atoms with van der Waals surface area (Å²) in [4.78, 5) is 12.2. The Hall–Kier alpha value is -0.870. The molecule has 0 saturated carbocycles. The van der Waals surface area contributed by atoms with Gasteiger partial charge in [-0.3, -0.25) is 4.79 Å². The van der Waals surface area contributed by atoms with Crippen LogP contribution in [0.25, 0.3) is 0 Å². The molecule has 5 unspecified atom stereocenters. The maximum absolute atomic E-state index is 12.0. The summed E-state index contributed by atoms with van der Waals surface area (Å²) < 4.78 is 5.95. The highest BCUT2D eigenvalue weighted by molar-refractivity contribution is 9.09. The van der Waals surface area contributed by atoms with Crippen molar-refractivity contribution < 1.29 is 9.53 Å². The van der Waals surface area contributed by atoms with Gasteiger partial charge >= 0.3 is 0 Å². The van der Waals surface area contributed by atoms with Crippen molar-refractivity contribution in [3.05, 3.63) is 34.9 Å². The summed E-state index contributed by atoms with van der Waals surface area (Å²) >= 11 is 3.86. The first-order valence-electron chi connectivity index (χ1n) is 7.69. The van der Waals surface area contributed by atoms with Gasteiger partial charge in [0.25, 0.3) is 5.91 Å². The minimum absolute atomic E-state index is 0.0509. The number of amides is 1. The Kier molecular flexibility index (Phi) is 4.10. The molecule has 1 amide bonds. The van der Waals surface area contributed by atoms with Crippen LogP contribution in [-0.4, -0.2) is 24.7 Å². The second kappa shape index (κ2) is 5.73. The van der Waals surface area contributed by atoms with E-state index in [-0.39, 0.29) is 22.9 Å². The van der Waals surface area contributed by atoms with E-state index < -0.39 is 0 Å². The molecule has 2 aliphatic rings. The minimum Gasteiger partial charge on any atom is -0.375 e. The van der Waals surface area contributed by atoms with E-state index in [0.29, 0.717) is 11.8 Å². The van der Waals surface area contributed by atoms with Gasteiger partial charge in [0.05, 0.1) is 12.2 Å². The van der Waals surface area contributed by atoms with Crippen LogP contribution < -0.4 is 5.32 Å². The molecule has 3 rings (SSSR count). The number of benzene rings is 1. The van der Waals surface area contributed by atoms with Crippen LogP contribution in [0.3, 0.4) is 0 Å². The van der Waals surface area contributed by atoms with E-state index in [9.17, 15) is 4.79 Å². The van der Waals surface area contributed by atoms with Gasteiger partial charge in [0, 0.05) is 22.9 Å². The number of ether oxygens (including phenoxy) is 1. The van der Waals surface area contributed by atoms with Crippen molar-refractivity contribution >= 4 is 21.8 Å². The molecule has 4 heteroatoms. The molecule has 0 spiro atoms. The van der Waals surface area contributed by atoms with Gasteiger partial charge in [-0.15, -0.1) is 0 Å². The molecule has 2 aliphatic heterocycles. The van der Waals surface area contributed by atoms with Gasteiger partial charge in [-0.2, -0.15) is 0 Å². The van der Waals surface area contributed by atoms with Gasteiger partial charge in [-0.05, 0) is 43.4 Å². The minimum atomic E-state index is 0.0509. The van der Waals surface area contributed by atoms with Gasteiger partial charge < -0.3 is 10.1 Å². The monoisotopic (exact) mass is 351 g/mol. The third kappa shape index (κ3) is 2.64. The molecule has 0 bridgehead atoms.